The van der Waals surface area contributed by atoms with Crippen LogP contribution < -0.4 is 10.2 Å². The lowest BCUT2D eigenvalue weighted by Crippen LogP contribution is -2.43. The molecule has 3 heterocycles. The molecule has 0 radical (unpaired) electrons. The van der Waals surface area contributed by atoms with Crippen LogP contribution in [-0.2, 0) is 21.4 Å². The molecule has 3 aromatic rings. The van der Waals surface area contributed by atoms with Crippen molar-refractivity contribution in [2.75, 3.05) is 31.1 Å². The van der Waals surface area contributed by atoms with Gasteiger partial charge in [-0.3, -0.25) is 4.79 Å². The maximum absolute atomic E-state index is 13.1. The maximum atomic E-state index is 13.1. The number of nitrogens with zero attached hydrogens (tertiary/aromatic N) is 3. The van der Waals surface area contributed by atoms with E-state index in [1.807, 2.05) is 12.1 Å². The Bertz CT molecular complexity index is 1320. The molecule has 0 saturated carbocycles. The van der Waals surface area contributed by atoms with Crippen LogP contribution in [0.4, 0.5) is 10.2 Å². The number of halogens is 1. The Morgan fingerprint density at radius 1 is 1.00 bits per heavy atom. The number of carbonyl (C=O) groups is 1. The van der Waals surface area contributed by atoms with Crippen LogP contribution in [0.25, 0.3) is 10.9 Å². The average Bonchev–Trinajstić information content (AvgIpc) is 3.44. The van der Waals surface area contributed by atoms with Crippen molar-refractivity contribution in [1.82, 2.24) is 14.6 Å². The number of anilines is 1. The Morgan fingerprint density at radius 3 is 2.54 bits per heavy atom. The number of hydrogen-bond acceptors (Lipinski definition) is 5. The van der Waals surface area contributed by atoms with Gasteiger partial charge in [0.2, 0.25) is 15.9 Å². The molecule has 1 atom stereocenters. The van der Waals surface area contributed by atoms with Crippen molar-refractivity contribution in [3.05, 3.63) is 66.0 Å². The highest BCUT2D eigenvalue weighted by atomic mass is 32.2. The van der Waals surface area contributed by atoms with E-state index in [1.165, 1.54) is 12.1 Å². The van der Waals surface area contributed by atoms with Crippen LogP contribution in [0.1, 0.15) is 31.2 Å². The monoisotopic (exact) mass is 496 g/mol. The fourth-order valence-corrected chi connectivity index (χ4v) is 6.40. The Balaban J connectivity index is 1.27. The molecule has 1 aromatic heterocycles. The van der Waals surface area contributed by atoms with Gasteiger partial charge in [-0.15, -0.1) is 0 Å². The smallest absolute Gasteiger partial charge is 0.243 e. The second-order valence-electron chi connectivity index (χ2n) is 9.26. The summed E-state index contributed by atoms with van der Waals surface area (Å²) in [6.07, 6.45) is 3.48. The molecule has 184 valence electrons. The van der Waals surface area contributed by atoms with Crippen LogP contribution in [0, 0.1) is 11.7 Å². The van der Waals surface area contributed by atoms with E-state index in [0.29, 0.717) is 31.1 Å². The van der Waals surface area contributed by atoms with Gasteiger partial charge in [0, 0.05) is 38.1 Å². The van der Waals surface area contributed by atoms with Crippen molar-refractivity contribution in [3.8, 4) is 0 Å². The van der Waals surface area contributed by atoms with Gasteiger partial charge in [-0.25, -0.2) is 17.8 Å². The van der Waals surface area contributed by atoms with Crippen molar-refractivity contribution in [2.45, 2.75) is 37.1 Å². The van der Waals surface area contributed by atoms with Crippen molar-refractivity contribution in [1.29, 1.82) is 0 Å². The first kappa shape index (κ1) is 23.7. The third-order valence-electron chi connectivity index (χ3n) is 6.84. The molecule has 1 N–H and O–H groups in total. The standard InChI is InChI=1S/C26H29FN4O3S/c27-22-8-5-19(6-9-22)17-28-26(32)21-4-3-13-30(18-21)25-12-7-20-16-23(10-11-24(20)29-25)35(33,34)31-14-1-2-15-31/h5-12,16,21H,1-4,13-15,17-18H2,(H,28,32)/t21-/m1/s1. The van der Waals surface area contributed by atoms with Crippen LogP contribution in [0.2, 0.25) is 0 Å². The number of amides is 1. The molecule has 2 fully saturated rings. The van der Waals surface area contributed by atoms with E-state index in [9.17, 15) is 17.6 Å². The zero-order valence-electron chi connectivity index (χ0n) is 19.5. The largest absolute Gasteiger partial charge is 0.356 e. The number of sulfonamides is 1. The van der Waals surface area contributed by atoms with Crippen LogP contribution in [0.15, 0.2) is 59.5 Å². The highest BCUT2D eigenvalue weighted by Gasteiger charge is 2.28. The Hall–Kier alpha value is -3.04. The lowest BCUT2D eigenvalue weighted by molar-refractivity contribution is -0.125. The Kier molecular flexibility index (Phi) is 6.71. The molecule has 7 nitrogen and oxygen atoms in total. The van der Waals surface area contributed by atoms with Crippen LogP contribution in [0.5, 0.6) is 0 Å². The summed E-state index contributed by atoms with van der Waals surface area (Å²) in [4.78, 5) is 20.0. The lowest BCUT2D eigenvalue weighted by atomic mass is 9.97. The topological polar surface area (TPSA) is 82.6 Å². The molecule has 0 unspecified atom stereocenters. The molecular weight excluding hydrogens is 467 g/mol. The number of pyridine rings is 1. The van der Waals surface area contributed by atoms with Crippen molar-refractivity contribution < 1.29 is 17.6 Å². The second-order valence-corrected chi connectivity index (χ2v) is 11.2. The molecule has 2 saturated heterocycles. The van der Waals surface area contributed by atoms with Gasteiger partial charge in [-0.2, -0.15) is 4.31 Å². The molecule has 2 aliphatic rings. The number of carbonyl (C=O) groups excluding carboxylic acids is 1. The number of nitrogens with one attached hydrogen (secondary N) is 1. The molecule has 35 heavy (non-hydrogen) atoms. The van der Waals surface area contributed by atoms with Gasteiger partial charge in [-0.05, 0) is 73.7 Å². The van der Waals surface area contributed by atoms with Crippen molar-refractivity contribution in [3.63, 3.8) is 0 Å². The zero-order valence-corrected chi connectivity index (χ0v) is 20.3. The highest BCUT2D eigenvalue weighted by molar-refractivity contribution is 7.89. The van der Waals surface area contributed by atoms with E-state index < -0.39 is 10.0 Å². The Morgan fingerprint density at radius 2 is 1.77 bits per heavy atom. The highest BCUT2D eigenvalue weighted by Crippen LogP contribution is 2.27. The molecule has 0 aliphatic carbocycles. The van der Waals surface area contributed by atoms with Gasteiger partial charge in [0.1, 0.15) is 11.6 Å². The molecular formula is C26H29FN4O3S. The predicted octanol–water partition coefficient (Wildman–Crippen LogP) is 3.69. The van der Waals surface area contributed by atoms with E-state index >= 15 is 0 Å². The van der Waals surface area contributed by atoms with Crippen molar-refractivity contribution in [2.24, 2.45) is 5.92 Å². The third kappa shape index (κ3) is 5.16. The minimum absolute atomic E-state index is 0.0171. The molecule has 0 spiro atoms. The van der Waals surface area contributed by atoms with E-state index in [-0.39, 0.29) is 17.6 Å². The number of rotatable bonds is 6. The van der Waals surface area contributed by atoms with Gasteiger partial charge in [0.25, 0.3) is 0 Å². The van der Waals surface area contributed by atoms with Gasteiger partial charge in [-0.1, -0.05) is 12.1 Å². The first-order valence-electron chi connectivity index (χ1n) is 12.1. The molecule has 1 amide bonds. The Labute approximate surface area is 205 Å². The van der Waals surface area contributed by atoms with E-state index in [4.69, 9.17) is 4.98 Å². The van der Waals surface area contributed by atoms with Crippen LogP contribution in [0.3, 0.4) is 0 Å². The fourth-order valence-electron chi connectivity index (χ4n) is 4.84. The second kappa shape index (κ2) is 9.91. The lowest BCUT2D eigenvalue weighted by Gasteiger charge is -2.33. The predicted molar refractivity (Wildman–Crippen MR) is 133 cm³/mol. The first-order valence-corrected chi connectivity index (χ1v) is 13.5. The number of benzene rings is 2. The maximum Gasteiger partial charge on any atom is 0.243 e. The molecule has 2 aromatic carbocycles. The van der Waals surface area contributed by atoms with Crippen LogP contribution in [-0.4, -0.2) is 49.8 Å². The number of aromatic nitrogens is 1. The summed E-state index contributed by atoms with van der Waals surface area (Å²) >= 11 is 0. The zero-order chi connectivity index (χ0) is 24.4. The molecule has 9 heteroatoms. The van der Waals surface area contributed by atoms with Gasteiger partial charge < -0.3 is 10.2 Å². The first-order chi connectivity index (χ1) is 16.9. The summed E-state index contributed by atoms with van der Waals surface area (Å²) in [6, 6.07) is 15.0. The SMILES string of the molecule is O=C(NCc1ccc(F)cc1)[C@@H]1CCCN(c2ccc3cc(S(=O)(=O)N4CCCC4)ccc3n2)C1. The number of hydrogen-bond donors (Lipinski definition) is 1. The quantitative estimate of drug-likeness (QED) is 0.563. The summed E-state index contributed by atoms with van der Waals surface area (Å²) in [5, 5.41) is 3.74. The van der Waals surface area contributed by atoms with E-state index in [1.54, 1.807) is 34.6 Å². The van der Waals surface area contributed by atoms with Crippen LogP contribution >= 0.6 is 0 Å². The van der Waals surface area contributed by atoms with E-state index in [2.05, 4.69) is 10.2 Å². The summed E-state index contributed by atoms with van der Waals surface area (Å²) in [5.41, 5.74) is 1.58. The normalized spacial score (nSPS) is 19.2. The van der Waals surface area contributed by atoms with Gasteiger partial charge >= 0.3 is 0 Å². The molecule has 2 aliphatic heterocycles. The molecule has 0 bridgehead atoms. The minimum Gasteiger partial charge on any atom is -0.356 e. The summed E-state index contributed by atoms with van der Waals surface area (Å²) in [6.45, 7) is 2.89. The average molecular weight is 497 g/mol. The van der Waals surface area contributed by atoms with Gasteiger partial charge in [0.05, 0.1) is 16.3 Å². The number of piperidine rings is 1. The number of fused-ring (bicyclic) bond motifs is 1. The third-order valence-corrected chi connectivity index (χ3v) is 8.74. The van der Waals surface area contributed by atoms with Crippen molar-refractivity contribution >= 4 is 32.7 Å². The molecule has 5 rings (SSSR count). The van der Waals surface area contributed by atoms with Gasteiger partial charge in [0.15, 0.2) is 0 Å². The summed E-state index contributed by atoms with van der Waals surface area (Å²) in [7, 11) is -3.47. The fraction of sp³-hybridized carbons (Fsp3) is 0.385. The summed E-state index contributed by atoms with van der Waals surface area (Å²) in [5.74, 6) is 0.310. The van der Waals surface area contributed by atoms with E-state index in [0.717, 1.165) is 54.5 Å². The minimum atomic E-state index is -3.47. The summed E-state index contributed by atoms with van der Waals surface area (Å²) < 4.78 is 40.4.